The fraction of sp³-hybridized carbons (Fsp3) is 0.909. The van der Waals surface area contributed by atoms with Gasteiger partial charge in [-0.3, -0.25) is 0 Å². The number of hydrogen-bond acceptors (Lipinski definition) is 4. The van der Waals surface area contributed by atoms with Gasteiger partial charge in [0.2, 0.25) is 0 Å². The highest BCUT2D eigenvalue weighted by Crippen LogP contribution is 2.06. The number of nitrogens with two attached hydrogens (primary N) is 2. The number of amides is 1. The van der Waals surface area contributed by atoms with E-state index < -0.39 is 11.7 Å². The summed E-state index contributed by atoms with van der Waals surface area (Å²) in [6.07, 6.45) is 2.18. The maximum Gasteiger partial charge on any atom is 0.407 e. The Morgan fingerprint density at radius 3 is 2.50 bits per heavy atom. The number of carbonyl (C=O) groups is 1. The minimum absolute atomic E-state index is 0.0958. The van der Waals surface area contributed by atoms with Gasteiger partial charge in [-0.2, -0.15) is 0 Å². The largest absolute Gasteiger partial charge is 0.444 e. The Kier molecular flexibility index (Phi) is 7.08. The zero-order valence-corrected chi connectivity index (χ0v) is 10.6. The molecule has 16 heavy (non-hydrogen) atoms. The van der Waals surface area contributed by atoms with Crippen LogP contribution in [0.5, 0.6) is 0 Å². The van der Waals surface area contributed by atoms with Crippen LogP contribution in [-0.4, -0.2) is 30.8 Å². The standard InChI is InChI=1S/C11H25N3O2/c1-11(2,3)16-10(15)14-8-6-9(13)5-4-7-12/h9H,4-8,12-13H2,1-3H3,(H,14,15). The summed E-state index contributed by atoms with van der Waals surface area (Å²) in [6, 6.07) is 0.0958. The molecule has 0 aliphatic rings. The molecule has 0 saturated heterocycles. The smallest absolute Gasteiger partial charge is 0.407 e. The van der Waals surface area contributed by atoms with Gasteiger partial charge in [-0.15, -0.1) is 0 Å². The quantitative estimate of drug-likeness (QED) is 0.635. The van der Waals surface area contributed by atoms with Crippen molar-refractivity contribution in [3.63, 3.8) is 0 Å². The summed E-state index contributed by atoms with van der Waals surface area (Å²) in [4.78, 5) is 11.3. The van der Waals surface area contributed by atoms with Gasteiger partial charge >= 0.3 is 6.09 Å². The van der Waals surface area contributed by atoms with E-state index in [1.54, 1.807) is 0 Å². The highest BCUT2D eigenvalue weighted by Gasteiger charge is 2.15. The molecule has 1 amide bonds. The van der Waals surface area contributed by atoms with Gasteiger partial charge in [0.25, 0.3) is 0 Å². The molecule has 1 atom stereocenters. The second-order valence-electron chi connectivity index (χ2n) is 4.91. The number of hydrogen-bond donors (Lipinski definition) is 3. The number of nitrogens with one attached hydrogen (secondary N) is 1. The molecule has 96 valence electrons. The van der Waals surface area contributed by atoms with Crippen LogP contribution in [-0.2, 0) is 4.74 Å². The SMILES string of the molecule is CC(C)(C)OC(=O)NCCC(N)CCCN. The maximum absolute atomic E-state index is 11.3. The number of ether oxygens (including phenoxy) is 1. The van der Waals surface area contributed by atoms with E-state index in [9.17, 15) is 4.79 Å². The molecule has 0 saturated carbocycles. The molecule has 0 spiro atoms. The lowest BCUT2D eigenvalue weighted by atomic mass is 10.1. The van der Waals surface area contributed by atoms with Crippen LogP contribution in [0, 0.1) is 0 Å². The molecule has 5 nitrogen and oxygen atoms in total. The number of carbonyl (C=O) groups excluding carboxylic acids is 1. The first kappa shape index (κ1) is 15.2. The lowest BCUT2D eigenvalue weighted by molar-refractivity contribution is 0.0526. The molecule has 0 aromatic heterocycles. The van der Waals surface area contributed by atoms with Gasteiger partial charge in [0.05, 0.1) is 0 Å². The van der Waals surface area contributed by atoms with Gasteiger partial charge in [-0.05, 0) is 46.6 Å². The van der Waals surface area contributed by atoms with Gasteiger partial charge in [0, 0.05) is 12.6 Å². The van der Waals surface area contributed by atoms with Gasteiger partial charge in [-0.1, -0.05) is 0 Å². The van der Waals surface area contributed by atoms with Crippen molar-refractivity contribution >= 4 is 6.09 Å². The summed E-state index contributed by atoms with van der Waals surface area (Å²) in [7, 11) is 0. The maximum atomic E-state index is 11.3. The third-order valence-corrected chi connectivity index (χ3v) is 1.96. The van der Waals surface area contributed by atoms with Crippen LogP contribution in [0.3, 0.4) is 0 Å². The minimum atomic E-state index is -0.453. The highest BCUT2D eigenvalue weighted by atomic mass is 16.6. The first-order valence-corrected chi connectivity index (χ1v) is 5.77. The Hall–Kier alpha value is -0.810. The fourth-order valence-corrected chi connectivity index (χ4v) is 1.20. The van der Waals surface area contributed by atoms with E-state index in [-0.39, 0.29) is 6.04 Å². The summed E-state index contributed by atoms with van der Waals surface area (Å²) in [5, 5.41) is 2.67. The van der Waals surface area contributed by atoms with E-state index in [4.69, 9.17) is 16.2 Å². The van der Waals surface area contributed by atoms with Crippen molar-refractivity contribution in [2.75, 3.05) is 13.1 Å². The average Bonchev–Trinajstić information content (AvgIpc) is 2.11. The predicted molar refractivity (Wildman–Crippen MR) is 65.1 cm³/mol. The van der Waals surface area contributed by atoms with Crippen molar-refractivity contribution in [1.82, 2.24) is 5.32 Å². The third-order valence-electron chi connectivity index (χ3n) is 1.96. The molecule has 0 rings (SSSR count). The second-order valence-corrected chi connectivity index (χ2v) is 4.91. The lowest BCUT2D eigenvalue weighted by Crippen LogP contribution is -2.35. The topological polar surface area (TPSA) is 90.4 Å². The van der Waals surface area contributed by atoms with E-state index in [2.05, 4.69) is 5.32 Å². The van der Waals surface area contributed by atoms with Crippen LogP contribution in [0.25, 0.3) is 0 Å². The van der Waals surface area contributed by atoms with Gasteiger partial charge in [0.1, 0.15) is 5.60 Å². The lowest BCUT2D eigenvalue weighted by Gasteiger charge is -2.20. The molecule has 5 N–H and O–H groups in total. The summed E-state index contributed by atoms with van der Waals surface area (Å²) < 4.78 is 5.09. The first-order valence-electron chi connectivity index (χ1n) is 5.77. The number of rotatable bonds is 6. The monoisotopic (exact) mass is 231 g/mol. The minimum Gasteiger partial charge on any atom is -0.444 e. The van der Waals surface area contributed by atoms with Crippen molar-refractivity contribution in [3.8, 4) is 0 Å². The van der Waals surface area contributed by atoms with E-state index in [1.165, 1.54) is 0 Å². The zero-order chi connectivity index (χ0) is 12.6. The third kappa shape index (κ3) is 9.73. The van der Waals surface area contributed by atoms with E-state index in [0.29, 0.717) is 13.1 Å². The Balaban J connectivity index is 3.54. The first-order chi connectivity index (χ1) is 7.35. The van der Waals surface area contributed by atoms with Crippen molar-refractivity contribution in [2.45, 2.75) is 51.7 Å². The molecule has 0 fully saturated rings. The summed E-state index contributed by atoms with van der Waals surface area (Å²) in [5.74, 6) is 0. The Labute approximate surface area is 97.9 Å². The van der Waals surface area contributed by atoms with E-state index in [0.717, 1.165) is 19.3 Å². The summed E-state index contributed by atoms with van der Waals surface area (Å²) in [5.41, 5.74) is 10.8. The van der Waals surface area contributed by atoms with Gasteiger partial charge in [-0.25, -0.2) is 4.79 Å². The molecule has 5 heteroatoms. The second kappa shape index (κ2) is 7.46. The Morgan fingerprint density at radius 1 is 1.38 bits per heavy atom. The molecular formula is C11H25N3O2. The molecule has 0 radical (unpaired) electrons. The molecule has 0 bridgehead atoms. The molecule has 0 aromatic rings. The molecule has 0 aromatic carbocycles. The highest BCUT2D eigenvalue weighted by molar-refractivity contribution is 5.67. The van der Waals surface area contributed by atoms with E-state index in [1.807, 2.05) is 20.8 Å². The average molecular weight is 231 g/mol. The molecule has 0 heterocycles. The molecule has 0 aliphatic carbocycles. The van der Waals surface area contributed by atoms with Crippen molar-refractivity contribution in [3.05, 3.63) is 0 Å². The fourth-order valence-electron chi connectivity index (χ4n) is 1.20. The van der Waals surface area contributed by atoms with Crippen LogP contribution < -0.4 is 16.8 Å². The summed E-state index contributed by atoms with van der Waals surface area (Å²) >= 11 is 0. The van der Waals surface area contributed by atoms with Crippen LogP contribution in [0.1, 0.15) is 40.0 Å². The normalized spacial score (nSPS) is 13.3. The summed E-state index contributed by atoms with van der Waals surface area (Å²) in [6.45, 7) is 6.70. The molecule has 1 unspecified atom stereocenters. The predicted octanol–water partition coefficient (Wildman–Crippen LogP) is 0.967. The van der Waals surface area contributed by atoms with E-state index >= 15 is 0 Å². The van der Waals surface area contributed by atoms with Crippen LogP contribution in [0.15, 0.2) is 0 Å². The van der Waals surface area contributed by atoms with Crippen LogP contribution in [0.2, 0.25) is 0 Å². The zero-order valence-electron chi connectivity index (χ0n) is 10.6. The molecule has 0 aliphatic heterocycles. The van der Waals surface area contributed by atoms with Crippen molar-refractivity contribution in [2.24, 2.45) is 11.5 Å². The Bertz CT molecular complexity index is 202. The Morgan fingerprint density at radius 2 is 2.00 bits per heavy atom. The van der Waals surface area contributed by atoms with Crippen LogP contribution >= 0.6 is 0 Å². The molecular weight excluding hydrogens is 206 g/mol. The van der Waals surface area contributed by atoms with Crippen LogP contribution in [0.4, 0.5) is 4.79 Å². The van der Waals surface area contributed by atoms with Crippen molar-refractivity contribution in [1.29, 1.82) is 0 Å². The van der Waals surface area contributed by atoms with Gasteiger partial charge < -0.3 is 21.5 Å². The van der Waals surface area contributed by atoms with Crippen molar-refractivity contribution < 1.29 is 9.53 Å². The number of alkyl carbamates (subject to hydrolysis) is 1. The van der Waals surface area contributed by atoms with Gasteiger partial charge in [0.15, 0.2) is 0 Å².